The molecule has 2 aromatic heterocycles. The number of benzene rings is 2. The summed E-state index contributed by atoms with van der Waals surface area (Å²) in [6, 6.07) is 16.2. The molecular formula is C20H22N6O. The molecule has 0 saturated carbocycles. The minimum atomic E-state index is -0.285. The van der Waals surface area contributed by atoms with Gasteiger partial charge >= 0.3 is 0 Å². The molecule has 0 atom stereocenters. The zero-order valence-electron chi connectivity index (χ0n) is 15.0. The number of primary amides is 1. The summed E-state index contributed by atoms with van der Waals surface area (Å²) < 4.78 is 4.01. The summed E-state index contributed by atoms with van der Waals surface area (Å²) in [5.41, 5.74) is 9.58. The van der Waals surface area contributed by atoms with Gasteiger partial charge in [0.15, 0.2) is 0 Å². The molecular weight excluding hydrogens is 340 g/mol. The van der Waals surface area contributed by atoms with Crippen molar-refractivity contribution in [2.75, 3.05) is 6.54 Å². The predicted molar refractivity (Wildman–Crippen MR) is 105 cm³/mol. The molecule has 2 aromatic carbocycles. The zero-order chi connectivity index (χ0) is 18.6. The fourth-order valence-corrected chi connectivity index (χ4v) is 3.37. The van der Waals surface area contributed by atoms with Crippen molar-refractivity contribution in [3.63, 3.8) is 0 Å². The largest absolute Gasteiger partial charge is 0.370 e. The fourth-order valence-electron chi connectivity index (χ4n) is 3.37. The normalized spacial score (nSPS) is 11.4. The van der Waals surface area contributed by atoms with Gasteiger partial charge in [-0.1, -0.05) is 35.5 Å². The van der Waals surface area contributed by atoms with E-state index in [0.717, 1.165) is 36.2 Å². The van der Waals surface area contributed by atoms with Crippen LogP contribution in [0.3, 0.4) is 0 Å². The monoisotopic (exact) mass is 362 g/mol. The van der Waals surface area contributed by atoms with Gasteiger partial charge in [-0.05, 0) is 23.8 Å². The van der Waals surface area contributed by atoms with Gasteiger partial charge in [0.1, 0.15) is 5.52 Å². The van der Waals surface area contributed by atoms with E-state index in [1.807, 2.05) is 41.1 Å². The molecule has 0 spiro atoms. The molecule has 0 aliphatic rings. The van der Waals surface area contributed by atoms with Gasteiger partial charge in [0.25, 0.3) is 0 Å². The molecule has 2 heterocycles. The van der Waals surface area contributed by atoms with Gasteiger partial charge in [-0.3, -0.25) is 4.79 Å². The van der Waals surface area contributed by atoms with Gasteiger partial charge in [-0.15, -0.1) is 5.10 Å². The first-order valence-electron chi connectivity index (χ1n) is 9.06. The number of nitrogens with zero attached hydrogens (tertiary/aromatic N) is 4. The zero-order valence-corrected chi connectivity index (χ0v) is 15.0. The molecule has 7 nitrogen and oxygen atoms in total. The summed E-state index contributed by atoms with van der Waals surface area (Å²) in [7, 11) is 0. The molecule has 0 bridgehead atoms. The Kier molecular flexibility index (Phi) is 4.84. The Hall–Kier alpha value is -3.19. The Labute approximate surface area is 156 Å². The predicted octanol–water partition coefficient (Wildman–Crippen LogP) is 2.05. The number of carbonyl (C=O) groups is 1. The average Bonchev–Trinajstić information content (AvgIpc) is 3.25. The van der Waals surface area contributed by atoms with Crippen LogP contribution in [0.2, 0.25) is 0 Å². The van der Waals surface area contributed by atoms with Crippen LogP contribution < -0.4 is 11.1 Å². The molecule has 7 heteroatoms. The summed E-state index contributed by atoms with van der Waals surface area (Å²) in [6.45, 7) is 2.88. The lowest BCUT2D eigenvalue weighted by molar-refractivity contribution is -0.118. The third kappa shape index (κ3) is 3.68. The maximum atomic E-state index is 11.1. The third-order valence-electron chi connectivity index (χ3n) is 4.71. The van der Waals surface area contributed by atoms with Crippen LogP contribution in [0.1, 0.15) is 12.0 Å². The van der Waals surface area contributed by atoms with Crippen molar-refractivity contribution in [2.45, 2.75) is 26.1 Å². The molecule has 1 amide bonds. The first-order valence-corrected chi connectivity index (χ1v) is 9.06. The van der Waals surface area contributed by atoms with Crippen LogP contribution >= 0.6 is 0 Å². The number of hydrogen-bond acceptors (Lipinski definition) is 4. The van der Waals surface area contributed by atoms with E-state index in [0.29, 0.717) is 13.0 Å². The number of carbonyl (C=O) groups excluding carboxylic acids is 1. The number of hydrogen-bond donors (Lipinski definition) is 2. The van der Waals surface area contributed by atoms with Gasteiger partial charge in [0, 0.05) is 43.2 Å². The van der Waals surface area contributed by atoms with Gasteiger partial charge in [-0.2, -0.15) is 0 Å². The minimum Gasteiger partial charge on any atom is -0.370 e. The highest BCUT2D eigenvalue weighted by Gasteiger charge is 2.09. The molecule has 3 N–H and O–H groups in total. The van der Waals surface area contributed by atoms with Crippen molar-refractivity contribution in [3.8, 4) is 0 Å². The van der Waals surface area contributed by atoms with Crippen LogP contribution in [-0.4, -0.2) is 32.0 Å². The maximum absolute atomic E-state index is 11.1. The van der Waals surface area contributed by atoms with Crippen molar-refractivity contribution in [1.82, 2.24) is 24.9 Å². The molecule has 4 rings (SSSR count). The number of amides is 1. The number of nitrogens with two attached hydrogens (primary N) is 1. The number of aromatic nitrogens is 4. The number of aryl methyl sites for hydroxylation is 1. The number of fused-ring (bicyclic) bond motifs is 2. The SMILES string of the molecule is NC(=O)CCn1cc(CNCCn2nnc3ccccc32)c2ccccc21. The first-order chi connectivity index (χ1) is 13.2. The van der Waals surface area contributed by atoms with Crippen LogP contribution in [-0.2, 0) is 24.4 Å². The molecule has 0 aliphatic carbocycles. The van der Waals surface area contributed by atoms with Crippen molar-refractivity contribution < 1.29 is 4.79 Å². The third-order valence-corrected chi connectivity index (χ3v) is 4.71. The second-order valence-electron chi connectivity index (χ2n) is 6.56. The van der Waals surface area contributed by atoms with Gasteiger partial charge < -0.3 is 15.6 Å². The molecule has 27 heavy (non-hydrogen) atoms. The van der Waals surface area contributed by atoms with Crippen LogP contribution in [0.25, 0.3) is 21.9 Å². The van der Waals surface area contributed by atoms with Gasteiger partial charge in [0.2, 0.25) is 5.91 Å². The smallest absolute Gasteiger partial charge is 0.219 e. The fraction of sp³-hybridized carbons (Fsp3) is 0.250. The van der Waals surface area contributed by atoms with E-state index in [-0.39, 0.29) is 5.91 Å². The lowest BCUT2D eigenvalue weighted by Crippen LogP contribution is -2.20. The number of para-hydroxylation sites is 2. The van der Waals surface area contributed by atoms with Gasteiger partial charge in [0.05, 0.1) is 12.1 Å². The van der Waals surface area contributed by atoms with Crippen molar-refractivity contribution >= 4 is 27.8 Å². The summed E-state index contributed by atoms with van der Waals surface area (Å²) >= 11 is 0. The lowest BCUT2D eigenvalue weighted by Gasteiger charge is -2.05. The summed E-state index contributed by atoms with van der Waals surface area (Å²) in [5.74, 6) is -0.285. The molecule has 0 unspecified atom stereocenters. The minimum absolute atomic E-state index is 0.285. The summed E-state index contributed by atoms with van der Waals surface area (Å²) in [4.78, 5) is 11.1. The Morgan fingerprint density at radius 3 is 2.67 bits per heavy atom. The highest BCUT2D eigenvalue weighted by atomic mass is 16.1. The maximum Gasteiger partial charge on any atom is 0.219 e. The topological polar surface area (TPSA) is 90.8 Å². The number of nitrogens with one attached hydrogen (secondary N) is 1. The quantitative estimate of drug-likeness (QED) is 0.469. The second kappa shape index (κ2) is 7.59. The van der Waals surface area contributed by atoms with E-state index in [1.54, 1.807) is 0 Å². The molecule has 0 saturated heterocycles. The molecule has 0 fully saturated rings. The van der Waals surface area contributed by atoms with E-state index >= 15 is 0 Å². The van der Waals surface area contributed by atoms with Crippen LogP contribution in [0.5, 0.6) is 0 Å². The van der Waals surface area contributed by atoms with Gasteiger partial charge in [-0.25, -0.2) is 4.68 Å². The number of rotatable bonds is 8. The standard InChI is InChI=1S/C20H22N6O/c21-20(27)9-11-25-14-15(16-5-1-3-7-18(16)25)13-22-10-12-26-19-8-4-2-6-17(19)23-24-26/h1-8,14,22H,9-13H2,(H2,21,27). The Morgan fingerprint density at radius 1 is 1.04 bits per heavy atom. The van der Waals surface area contributed by atoms with E-state index in [2.05, 4.69) is 38.5 Å². The summed E-state index contributed by atoms with van der Waals surface area (Å²) in [5, 5.41) is 13.1. The Bertz CT molecular complexity index is 1080. The summed E-state index contributed by atoms with van der Waals surface area (Å²) in [6.07, 6.45) is 2.44. The van der Waals surface area contributed by atoms with Crippen LogP contribution in [0.15, 0.2) is 54.7 Å². The molecule has 0 aliphatic heterocycles. The average molecular weight is 362 g/mol. The van der Waals surface area contributed by atoms with E-state index in [1.165, 1.54) is 10.9 Å². The Balaban J connectivity index is 1.42. The van der Waals surface area contributed by atoms with Crippen molar-refractivity contribution in [1.29, 1.82) is 0 Å². The highest BCUT2D eigenvalue weighted by molar-refractivity contribution is 5.84. The van der Waals surface area contributed by atoms with Crippen molar-refractivity contribution in [2.24, 2.45) is 5.73 Å². The molecule has 4 aromatic rings. The van der Waals surface area contributed by atoms with E-state index < -0.39 is 0 Å². The van der Waals surface area contributed by atoms with E-state index in [9.17, 15) is 4.79 Å². The molecule has 0 radical (unpaired) electrons. The van der Waals surface area contributed by atoms with Crippen LogP contribution in [0.4, 0.5) is 0 Å². The van der Waals surface area contributed by atoms with E-state index in [4.69, 9.17) is 5.73 Å². The van der Waals surface area contributed by atoms with Crippen molar-refractivity contribution in [3.05, 3.63) is 60.3 Å². The Morgan fingerprint density at radius 2 is 1.81 bits per heavy atom. The highest BCUT2D eigenvalue weighted by Crippen LogP contribution is 2.21. The first kappa shape index (κ1) is 17.2. The second-order valence-corrected chi connectivity index (χ2v) is 6.56. The van der Waals surface area contributed by atoms with Crippen LogP contribution in [0, 0.1) is 0 Å². The lowest BCUT2D eigenvalue weighted by atomic mass is 10.2. The molecule has 138 valence electrons.